The van der Waals surface area contributed by atoms with Crippen LogP contribution in [0, 0.1) is 13.8 Å². The van der Waals surface area contributed by atoms with E-state index in [9.17, 15) is 0 Å². The smallest absolute Gasteiger partial charge is 0.0483 e. The van der Waals surface area contributed by atoms with E-state index in [1.165, 1.54) is 33.2 Å². The van der Waals surface area contributed by atoms with E-state index in [2.05, 4.69) is 72.4 Å². The molecule has 0 spiro atoms. The highest BCUT2D eigenvalue weighted by atomic mass is 14.9. The number of aryl methyl sites for hydroxylation is 2. The van der Waals surface area contributed by atoms with E-state index >= 15 is 0 Å². The third kappa shape index (κ3) is 2.72. The minimum Gasteiger partial charge on any atom is -0.343 e. The monoisotopic (exact) mass is 278 g/mol. The van der Waals surface area contributed by atoms with Gasteiger partial charge in [-0.2, -0.15) is 0 Å². The van der Waals surface area contributed by atoms with Gasteiger partial charge in [0, 0.05) is 24.8 Å². The molecule has 21 heavy (non-hydrogen) atoms. The van der Waals surface area contributed by atoms with Crippen molar-refractivity contribution in [1.82, 2.24) is 9.88 Å². The van der Waals surface area contributed by atoms with Gasteiger partial charge in [-0.3, -0.25) is 0 Å². The first-order chi connectivity index (χ1) is 10.2. The van der Waals surface area contributed by atoms with E-state index in [0.29, 0.717) is 0 Å². The number of fused-ring (bicyclic) bond motifs is 1. The summed E-state index contributed by atoms with van der Waals surface area (Å²) in [5.41, 5.74) is 6.79. The molecule has 0 bridgehead atoms. The standard InChI is InChI=1S/C19H22N2/c1-14-5-4-6-15(2)18(14)13-21-10-9-17-11-16(12-20-3)7-8-19(17)21/h4-11,20H,12-13H2,1-3H3. The summed E-state index contributed by atoms with van der Waals surface area (Å²) in [6.07, 6.45) is 2.19. The molecule has 0 atom stereocenters. The second-order valence-corrected chi connectivity index (χ2v) is 5.74. The molecule has 0 saturated heterocycles. The van der Waals surface area contributed by atoms with Gasteiger partial charge >= 0.3 is 0 Å². The molecule has 1 N–H and O–H groups in total. The molecule has 1 heterocycles. The van der Waals surface area contributed by atoms with E-state index in [4.69, 9.17) is 0 Å². The minimum atomic E-state index is 0.915. The molecule has 2 nitrogen and oxygen atoms in total. The number of benzene rings is 2. The van der Waals surface area contributed by atoms with Crippen molar-refractivity contribution in [1.29, 1.82) is 0 Å². The lowest BCUT2D eigenvalue weighted by molar-refractivity contribution is 0.815. The molecule has 2 aromatic carbocycles. The van der Waals surface area contributed by atoms with E-state index in [-0.39, 0.29) is 0 Å². The predicted octanol–water partition coefficient (Wildman–Crippen LogP) is 4.03. The largest absolute Gasteiger partial charge is 0.343 e. The number of nitrogens with zero attached hydrogens (tertiary/aromatic N) is 1. The number of hydrogen-bond donors (Lipinski definition) is 1. The molecule has 0 fully saturated rings. The van der Waals surface area contributed by atoms with Crippen LogP contribution in [0.3, 0.4) is 0 Å². The van der Waals surface area contributed by atoms with Crippen LogP contribution in [0.25, 0.3) is 10.9 Å². The van der Waals surface area contributed by atoms with Gasteiger partial charge in [0.15, 0.2) is 0 Å². The molecule has 0 aliphatic heterocycles. The summed E-state index contributed by atoms with van der Waals surface area (Å²) >= 11 is 0. The molecule has 3 rings (SSSR count). The Hall–Kier alpha value is -2.06. The molecule has 0 saturated carbocycles. The van der Waals surface area contributed by atoms with Gasteiger partial charge in [0.05, 0.1) is 0 Å². The van der Waals surface area contributed by atoms with Crippen LogP contribution in [0.15, 0.2) is 48.7 Å². The fourth-order valence-electron chi connectivity index (χ4n) is 2.97. The first kappa shape index (κ1) is 13.9. The highest BCUT2D eigenvalue weighted by molar-refractivity contribution is 5.81. The molecule has 1 aromatic heterocycles. The summed E-state index contributed by atoms with van der Waals surface area (Å²) in [7, 11) is 1.98. The second-order valence-electron chi connectivity index (χ2n) is 5.74. The Morgan fingerprint density at radius 1 is 1.00 bits per heavy atom. The molecule has 0 unspecified atom stereocenters. The quantitative estimate of drug-likeness (QED) is 0.762. The summed E-state index contributed by atoms with van der Waals surface area (Å²) in [4.78, 5) is 0. The van der Waals surface area contributed by atoms with Gasteiger partial charge in [-0.15, -0.1) is 0 Å². The molecule has 3 aromatic rings. The average Bonchev–Trinajstić information content (AvgIpc) is 2.86. The molecule has 2 heteroatoms. The maximum atomic E-state index is 3.20. The van der Waals surface area contributed by atoms with E-state index < -0.39 is 0 Å². The number of nitrogens with one attached hydrogen (secondary N) is 1. The third-order valence-corrected chi connectivity index (χ3v) is 4.19. The predicted molar refractivity (Wildman–Crippen MR) is 89.7 cm³/mol. The molecular formula is C19H22N2. The highest BCUT2D eigenvalue weighted by Gasteiger charge is 2.06. The molecule has 0 amide bonds. The fourth-order valence-corrected chi connectivity index (χ4v) is 2.97. The number of rotatable bonds is 4. The molecule has 0 aliphatic carbocycles. The van der Waals surface area contributed by atoms with Crippen molar-refractivity contribution in [2.45, 2.75) is 26.9 Å². The van der Waals surface area contributed by atoms with Crippen molar-refractivity contribution in [3.05, 3.63) is 70.9 Å². The minimum absolute atomic E-state index is 0.915. The Labute approximate surface area is 126 Å². The summed E-state index contributed by atoms with van der Waals surface area (Å²) in [5, 5.41) is 4.52. The van der Waals surface area contributed by atoms with Crippen molar-refractivity contribution in [3.63, 3.8) is 0 Å². The van der Waals surface area contributed by atoms with Crippen molar-refractivity contribution in [2.75, 3.05) is 7.05 Å². The number of hydrogen-bond acceptors (Lipinski definition) is 1. The van der Waals surface area contributed by atoms with Gasteiger partial charge in [0.1, 0.15) is 0 Å². The van der Waals surface area contributed by atoms with Crippen LogP contribution in [-0.2, 0) is 13.1 Å². The topological polar surface area (TPSA) is 17.0 Å². The Morgan fingerprint density at radius 3 is 2.48 bits per heavy atom. The van der Waals surface area contributed by atoms with Gasteiger partial charge in [-0.1, -0.05) is 24.3 Å². The Morgan fingerprint density at radius 2 is 1.76 bits per heavy atom. The summed E-state index contributed by atoms with van der Waals surface area (Å²) in [5.74, 6) is 0. The Balaban J connectivity index is 1.98. The fraction of sp³-hybridized carbons (Fsp3) is 0.263. The zero-order valence-electron chi connectivity index (χ0n) is 13.0. The normalized spacial score (nSPS) is 11.2. The van der Waals surface area contributed by atoms with Gasteiger partial charge in [0.2, 0.25) is 0 Å². The lowest BCUT2D eigenvalue weighted by Crippen LogP contribution is -2.05. The maximum absolute atomic E-state index is 3.20. The van der Waals surface area contributed by atoms with E-state index in [0.717, 1.165) is 13.1 Å². The zero-order valence-corrected chi connectivity index (χ0v) is 13.0. The highest BCUT2D eigenvalue weighted by Crippen LogP contribution is 2.21. The van der Waals surface area contributed by atoms with Crippen molar-refractivity contribution in [3.8, 4) is 0 Å². The van der Waals surface area contributed by atoms with Crippen LogP contribution in [0.2, 0.25) is 0 Å². The summed E-state index contributed by atoms with van der Waals surface area (Å²) < 4.78 is 2.34. The second kappa shape index (κ2) is 5.74. The maximum Gasteiger partial charge on any atom is 0.0483 e. The molecule has 0 aliphatic rings. The first-order valence-electron chi connectivity index (χ1n) is 7.46. The number of aromatic nitrogens is 1. The zero-order chi connectivity index (χ0) is 14.8. The lowest BCUT2D eigenvalue weighted by Gasteiger charge is -2.12. The molecule has 108 valence electrons. The van der Waals surface area contributed by atoms with Gasteiger partial charge in [-0.25, -0.2) is 0 Å². The SMILES string of the molecule is CNCc1ccc2c(ccn2Cc2c(C)cccc2C)c1. The van der Waals surface area contributed by atoms with Crippen molar-refractivity contribution in [2.24, 2.45) is 0 Å². The van der Waals surface area contributed by atoms with Crippen LogP contribution in [0.5, 0.6) is 0 Å². The van der Waals surface area contributed by atoms with Gasteiger partial charge < -0.3 is 9.88 Å². The summed E-state index contributed by atoms with van der Waals surface area (Å²) in [6, 6.07) is 15.4. The van der Waals surface area contributed by atoms with Crippen LogP contribution >= 0.6 is 0 Å². The van der Waals surface area contributed by atoms with Crippen LogP contribution in [0.1, 0.15) is 22.3 Å². The van der Waals surface area contributed by atoms with E-state index in [1.54, 1.807) is 0 Å². The Bertz CT molecular complexity index is 748. The molecular weight excluding hydrogens is 256 g/mol. The van der Waals surface area contributed by atoms with Crippen molar-refractivity contribution >= 4 is 10.9 Å². The average molecular weight is 278 g/mol. The molecule has 0 radical (unpaired) electrons. The van der Waals surface area contributed by atoms with Crippen LogP contribution < -0.4 is 5.32 Å². The summed E-state index contributed by atoms with van der Waals surface area (Å²) in [6.45, 7) is 6.24. The van der Waals surface area contributed by atoms with Gasteiger partial charge in [0.25, 0.3) is 0 Å². The van der Waals surface area contributed by atoms with E-state index in [1.807, 2.05) is 7.05 Å². The first-order valence-corrected chi connectivity index (χ1v) is 7.46. The Kier molecular flexibility index (Phi) is 3.80. The van der Waals surface area contributed by atoms with Crippen molar-refractivity contribution < 1.29 is 0 Å². The van der Waals surface area contributed by atoms with Gasteiger partial charge in [-0.05, 0) is 66.7 Å². The lowest BCUT2D eigenvalue weighted by atomic mass is 10.0. The third-order valence-electron chi connectivity index (χ3n) is 4.19. The van der Waals surface area contributed by atoms with Crippen LogP contribution in [0.4, 0.5) is 0 Å². The van der Waals surface area contributed by atoms with Crippen LogP contribution in [-0.4, -0.2) is 11.6 Å².